The smallest absolute Gasteiger partial charge is 0.119 e. The first-order valence-corrected chi connectivity index (χ1v) is 4.25. The number of hydrogen-bond acceptors (Lipinski definition) is 3. The number of allylic oxidation sites excluding steroid dienone is 2. The summed E-state index contributed by atoms with van der Waals surface area (Å²) in [6.07, 6.45) is 4.81. The van der Waals surface area contributed by atoms with Gasteiger partial charge in [0.1, 0.15) is 5.71 Å². The molecule has 0 radical (unpaired) electrons. The van der Waals surface area contributed by atoms with E-state index in [1.807, 2.05) is 17.5 Å². The van der Waals surface area contributed by atoms with Gasteiger partial charge < -0.3 is 5.21 Å². The zero-order valence-corrected chi connectivity index (χ0v) is 6.64. The van der Waals surface area contributed by atoms with Crippen LogP contribution in [0.15, 0.2) is 28.8 Å². The molecule has 1 aliphatic rings. The molecule has 0 saturated carbocycles. The highest BCUT2D eigenvalue weighted by molar-refractivity contribution is 7.12. The molecule has 0 bridgehead atoms. The van der Waals surface area contributed by atoms with Gasteiger partial charge in [-0.2, -0.15) is 0 Å². The Morgan fingerprint density at radius 1 is 1.55 bits per heavy atom. The summed E-state index contributed by atoms with van der Waals surface area (Å²) in [4.78, 5) is 1.09. The van der Waals surface area contributed by atoms with Crippen molar-refractivity contribution in [1.29, 1.82) is 0 Å². The van der Waals surface area contributed by atoms with Crippen LogP contribution in [0.4, 0.5) is 0 Å². The maximum atomic E-state index is 8.60. The quantitative estimate of drug-likeness (QED) is 0.463. The molecule has 11 heavy (non-hydrogen) atoms. The average Bonchev–Trinajstić information content (AvgIpc) is 2.50. The van der Waals surface area contributed by atoms with E-state index in [9.17, 15) is 0 Å². The number of nitrogens with zero attached hydrogens (tertiary/aromatic N) is 1. The topological polar surface area (TPSA) is 32.6 Å². The van der Waals surface area contributed by atoms with Crippen LogP contribution in [-0.4, -0.2) is 10.9 Å². The monoisotopic (exact) mass is 165 g/mol. The molecule has 1 N–H and O–H groups in total. The highest BCUT2D eigenvalue weighted by Crippen LogP contribution is 2.22. The van der Waals surface area contributed by atoms with E-state index in [0.717, 1.165) is 11.3 Å². The summed E-state index contributed by atoms with van der Waals surface area (Å²) >= 11 is 1.62. The predicted octanol–water partition coefficient (Wildman–Crippen LogP) is 2.04. The van der Waals surface area contributed by atoms with Crippen LogP contribution in [0, 0.1) is 0 Å². The van der Waals surface area contributed by atoms with Gasteiger partial charge in [0, 0.05) is 0 Å². The maximum absolute atomic E-state index is 8.60. The minimum Gasteiger partial charge on any atom is -0.410 e. The molecule has 0 aromatic carbocycles. The Balaban J connectivity index is 2.55. The highest BCUT2D eigenvalue weighted by atomic mass is 32.1. The van der Waals surface area contributed by atoms with E-state index in [4.69, 9.17) is 5.21 Å². The van der Waals surface area contributed by atoms with Crippen molar-refractivity contribution in [3.63, 3.8) is 0 Å². The van der Waals surface area contributed by atoms with Gasteiger partial charge in [0.25, 0.3) is 0 Å². The van der Waals surface area contributed by atoms with E-state index in [2.05, 4.69) is 11.2 Å². The van der Waals surface area contributed by atoms with E-state index in [1.54, 1.807) is 11.3 Å². The molecule has 1 heterocycles. The van der Waals surface area contributed by atoms with Crippen molar-refractivity contribution < 1.29 is 5.21 Å². The van der Waals surface area contributed by atoms with Gasteiger partial charge in [-0.25, -0.2) is 0 Å². The molecule has 0 spiro atoms. The van der Waals surface area contributed by atoms with Crippen molar-refractivity contribution >= 4 is 17.0 Å². The lowest BCUT2D eigenvalue weighted by Crippen LogP contribution is -2.02. The van der Waals surface area contributed by atoms with Gasteiger partial charge in [-0.3, -0.25) is 0 Å². The Morgan fingerprint density at radius 3 is 3.27 bits per heavy atom. The summed E-state index contributed by atoms with van der Waals surface area (Å²) in [5, 5.41) is 13.8. The fourth-order valence-corrected chi connectivity index (χ4v) is 2.07. The Labute approximate surface area is 68.5 Å². The fourth-order valence-electron chi connectivity index (χ4n) is 1.17. The second-order valence-electron chi connectivity index (χ2n) is 2.37. The van der Waals surface area contributed by atoms with Crippen molar-refractivity contribution in [3.05, 3.63) is 34.0 Å². The molecule has 2 rings (SSSR count). The first kappa shape index (κ1) is 6.61. The first-order chi connectivity index (χ1) is 5.42. The number of hydrogen-bond donors (Lipinski definition) is 1. The van der Waals surface area contributed by atoms with Gasteiger partial charge in [-0.05, 0) is 29.5 Å². The number of rotatable bonds is 0. The Kier molecular flexibility index (Phi) is 1.51. The van der Waals surface area contributed by atoms with Gasteiger partial charge in [0.05, 0.1) is 4.88 Å². The third-order valence-corrected chi connectivity index (χ3v) is 2.68. The minimum absolute atomic E-state index is 0.682. The third kappa shape index (κ3) is 0.973. The summed E-state index contributed by atoms with van der Waals surface area (Å²) in [5.74, 6) is 0. The van der Waals surface area contributed by atoms with Crippen LogP contribution in [0.1, 0.15) is 10.4 Å². The lowest BCUT2D eigenvalue weighted by molar-refractivity contribution is 0.320. The zero-order chi connectivity index (χ0) is 7.68. The number of thiophene rings is 1. The van der Waals surface area contributed by atoms with Gasteiger partial charge in [-0.15, -0.1) is 11.3 Å². The number of oxime groups is 1. The van der Waals surface area contributed by atoms with Crippen LogP contribution in [0.25, 0.3) is 0 Å². The van der Waals surface area contributed by atoms with E-state index in [0.29, 0.717) is 5.71 Å². The molecular weight excluding hydrogens is 158 g/mol. The maximum Gasteiger partial charge on any atom is 0.119 e. The second-order valence-corrected chi connectivity index (χ2v) is 3.28. The highest BCUT2D eigenvalue weighted by Gasteiger charge is 2.11. The molecule has 1 aliphatic carbocycles. The van der Waals surface area contributed by atoms with E-state index < -0.39 is 0 Å². The Hall–Kier alpha value is -1.09. The molecule has 3 heteroatoms. The molecule has 0 unspecified atom stereocenters. The molecular formula is C8H7NOS. The molecule has 0 atom stereocenters. The second kappa shape index (κ2) is 2.51. The van der Waals surface area contributed by atoms with E-state index in [1.165, 1.54) is 5.56 Å². The van der Waals surface area contributed by atoms with E-state index in [-0.39, 0.29) is 0 Å². The lowest BCUT2D eigenvalue weighted by Gasteiger charge is -2.04. The predicted molar refractivity (Wildman–Crippen MR) is 45.5 cm³/mol. The molecule has 0 saturated heterocycles. The van der Waals surface area contributed by atoms with Gasteiger partial charge in [0.15, 0.2) is 0 Å². The minimum atomic E-state index is 0.682. The fraction of sp³-hybridized carbons (Fsp3) is 0.125. The van der Waals surface area contributed by atoms with Crippen LogP contribution in [0.2, 0.25) is 0 Å². The largest absolute Gasteiger partial charge is 0.410 e. The number of fused-ring (bicyclic) bond motifs is 1. The molecule has 1 aromatic rings. The molecule has 1 aromatic heterocycles. The third-order valence-electron chi connectivity index (χ3n) is 1.70. The summed E-state index contributed by atoms with van der Waals surface area (Å²) in [7, 11) is 0. The van der Waals surface area contributed by atoms with Gasteiger partial charge in [-0.1, -0.05) is 11.2 Å². The van der Waals surface area contributed by atoms with Gasteiger partial charge >= 0.3 is 0 Å². The Morgan fingerprint density at radius 2 is 2.45 bits per heavy atom. The van der Waals surface area contributed by atoms with Crippen LogP contribution in [-0.2, 0) is 6.42 Å². The lowest BCUT2D eigenvalue weighted by atomic mass is 10.1. The zero-order valence-electron chi connectivity index (χ0n) is 5.82. The van der Waals surface area contributed by atoms with E-state index >= 15 is 0 Å². The average molecular weight is 165 g/mol. The molecule has 56 valence electrons. The SMILES string of the molecule is ON=C1C=CCc2ccsc21. The summed E-state index contributed by atoms with van der Waals surface area (Å²) in [5.41, 5.74) is 1.94. The van der Waals surface area contributed by atoms with Crippen molar-refractivity contribution in [3.8, 4) is 0 Å². The summed E-state index contributed by atoms with van der Waals surface area (Å²) in [6, 6.07) is 2.06. The molecule has 0 amide bonds. The summed E-state index contributed by atoms with van der Waals surface area (Å²) < 4.78 is 0. The standard InChI is InChI=1S/C8H7NOS/c10-9-7-3-1-2-6-4-5-11-8(6)7/h1,3-5,10H,2H2. The normalized spacial score (nSPS) is 18.7. The van der Waals surface area contributed by atoms with Crippen LogP contribution >= 0.6 is 11.3 Å². The van der Waals surface area contributed by atoms with Crippen LogP contribution < -0.4 is 0 Å². The molecule has 0 fully saturated rings. The first-order valence-electron chi connectivity index (χ1n) is 3.37. The Bertz CT molecular complexity index is 325. The van der Waals surface area contributed by atoms with Crippen molar-refractivity contribution in [2.45, 2.75) is 6.42 Å². The van der Waals surface area contributed by atoms with Crippen LogP contribution in [0.3, 0.4) is 0 Å². The summed E-state index contributed by atoms with van der Waals surface area (Å²) in [6.45, 7) is 0. The van der Waals surface area contributed by atoms with Crippen molar-refractivity contribution in [2.75, 3.05) is 0 Å². The van der Waals surface area contributed by atoms with Crippen molar-refractivity contribution in [1.82, 2.24) is 0 Å². The van der Waals surface area contributed by atoms with Gasteiger partial charge in [0.2, 0.25) is 0 Å². The molecule has 0 aliphatic heterocycles. The van der Waals surface area contributed by atoms with Crippen molar-refractivity contribution in [2.24, 2.45) is 5.16 Å². The molecule has 2 nitrogen and oxygen atoms in total. The van der Waals surface area contributed by atoms with Crippen LogP contribution in [0.5, 0.6) is 0 Å².